The van der Waals surface area contributed by atoms with E-state index in [-0.39, 0.29) is 0 Å². The van der Waals surface area contributed by atoms with Crippen molar-refractivity contribution in [2.75, 3.05) is 7.11 Å². The Morgan fingerprint density at radius 3 is 2.46 bits per heavy atom. The van der Waals surface area contributed by atoms with Crippen LogP contribution in [-0.2, 0) is 0 Å². The number of aryl methyl sites for hydroxylation is 1. The van der Waals surface area contributed by atoms with Gasteiger partial charge in [0.05, 0.1) is 23.9 Å². The Hall–Kier alpha value is -3.14. The Balaban J connectivity index is 2.14. The number of ether oxygens (including phenoxy) is 1. The summed E-state index contributed by atoms with van der Waals surface area (Å²) in [5, 5.41) is 0.904. The van der Waals surface area contributed by atoms with Gasteiger partial charge in [-0.05, 0) is 36.2 Å². The third-order valence-corrected chi connectivity index (χ3v) is 3.92. The lowest BCUT2D eigenvalue weighted by molar-refractivity contribution is 0.0999. The number of nitrogens with two attached hydrogens (primary N) is 1. The van der Waals surface area contributed by atoms with Gasteiger partial charge in [0.2, 0.25) is 0 Å². The van der Waals surface area contributed by atoms with Crippen molar-refractivity contribution < 1.29 is 9.53 Å². The lowest BCUT2D eigenvalue weighted by Crippen LogP contribution is -2.15. The van der Waals surface area contributed by atoms with E-state index < -0.39 is 5.91 Å². The summed E-state index contributed by atoms with van der Waals surface area (Å²) in [6.07, 6.45) is 3.87. The fourth-order valence-corrected chi connectivity index (χ4v) is 2.74. The van der Waals surface area contributed by atoms with Crippen molar-refractivity contribution >= 4 is 29.0 Å². The summed E-state index contributed by atoms with van der Waals surface area (Å²) in [4.78, 5) is 16.4. The van der Waals surface area contributed by atoms with Gasteiger partial charge < -0.3 is 10.5 Å². The SMILES string of the molecule is COc1ccc(/C=C/c2c(C(N)=O)c(C)nc3ccccc23)cc1. The van der Waals surface area contributed by atoms with E-state index in [9.17, 15) is 4.79 Å². The lowest BCUT2D eigenvalue weighted by atomic mass is 9.99. The average Bonchev–Trinajstić information content (AvgIpc) is 2.59. The van der Waals surface area contributed by atoms with Crippen LogP contribution in [0.4, 0.5) is 0 Å². The standard InChI is InChI=1S/C20H18N2O2/c1-13-19(20(21)23)17(16-5-3-4-6-18(16)22-13)12-9-14-7-10-15(24-2)11-8-14/h3-12H,1-2H3,(H2,21,23)/b12-9+. The van der Waals surface area contributed by atoms with Gasteiger partial charge in [-0.2, -0.15) is 0 Å². The molecule has 0 unspecified atom stereocenters. The molecule has 0 saturated heterocycles. The Kier molecular flexibility index (Phi) is 4.29. The number of carbonyl (C=O) groups is 1. The number of pyridine rings is 1. The summed E-state index contributed by atoms with van der Waals surface area (Å²) in [6.45, 7) is 1.80. The molecule has 0 aliphatic carbocycles. The predicted molar refractivity (Wildman–Crippen MR) is 96.9 cm³/mol. The Labute approximate surface area is 140 Å². The van der Waals surface area contributed by atoms with Gasteiger partial charge in [-0.25, -0.2) is 0 Å². The van der Waals surface area contributed by atoms with Gasteiger partial charge >= 0.3 is 0 Å². The highest BCUT2D eigenvalue weighted by molar-refractivity contribution is 6.05. The van der Waals surface area contributed by atoms with E-state index in [2.05, 4.69) is 4.98 Å². The van der Waals surface area contributed by atoms with Crippen LogP contribution in [0.3, 0.4) is 0 Å². The van der Waals surface area contributed by atoms with E-state index in [1.807, 2.05) is 60.7 Å². The molecule has 3 aromatic rings. The fraction of sp³-hybridized carbons (Fsp3) is 0.100. The summed E-state index contributed by atoms with van der Waals surface area (Å²) in [5.74, 6) is 0.329. The molecule has 0 aliphatic heterocycles. The van der Waals surface area contributed by atoms with Gasteiger partial charge in [-0.1, -0.05) is 42.5 Å². The molecule has 1 amide bonds. The number of hydrogen-bond donors (Lipinski definition) is 1. The first kappa shape index (κ1) is 15.7. The number of primary amides is 1. The van der Waals surface area contributed by atoms with Gasteiger partial charge in [0.15, 0.2) is 0 Å². The van der Waals surface area contributed by atoms with E-state index in [1.54, 1.807) is 14.0 Å². The number of methoxy groups -OCH3 is 1. The van der Waals surface area contributed by atoms with Crippen LogP contribution in [0.2, 0.25) is 0 Å². The number of rotatable bonds is 4. The highest BCUT2D eigenvalue weighted by Crippen LogP contribution is 2.25. The van der Waals surface area contributed by atoms with Crippen molar-refractivity contribution in [3.05, 3.63) is 70.9 Å². The third-order valence-electron chi connectivity index (χ3n) is 3.92. The first-order chi connectivity index (χ1) is 11.6. The first-order valence-electron chi connectivity index (χ1n) is 7.61. The summed E-state index contributed by atoms with van der Waals surface area (Å²) < 4.78 is 5.16. The summed E-state index contributed by atoms with van der Waals surface area (Å²) >= 11 is 0. The fourth-order valence-electron chi connectivity index (χ4n) is 2.74. The number of nitrogens with zero attached hydrogens (tertiary/aromatic N) is 1. The second kappa shape index (κ2) is 6.54. The van der Waals surface area contributed by atoms with Crippen molar-refractivity contribution in [2.24, 2.45) is 5.73 Å². The highest BCUT2D eigenvalue weighted by atomic mass is 16.5. The summed E-state index contributed by atoms with van der Waals surface area (Å²) in [7, 11) is 1.63. The molecule has 2 aromatic carbocycles. The van der Waals surface area contributed by atoms with Crippen LogP contribution in [-0.4, -0.2) is 18.0 Å². The molecule has 3 rings (SSSR count). The number of carbonyl (C=O) groups excluding carboxylic acids is 1. The van der Waals surface area contributed by atoms with Crippen LogP contribution < -0.4 is 10.5 Å². The molecule has 24 heavy (non-hydrogen) atoms. The number of aromatic nitrogens is 1. The minimum absolute atomic E-state index is 0.457. The van der Waals surface area contributed by atoms with Crippen LogP contribution in [0.15, 0.2) is 48.5 Å². The molecule has 0 spiro atoms. The summed E-state index contributed by atoms with van der Waals surface area (Å²) in [5.41, 5.74) is 9.32. The third kappa shape index (κ3) is 2.99. The first-order valence-corrected chi connectivity index (χ1v) is 7.61. The molecule has 1 aromatic heterocycles. The minimum Gasteiger partial charge on any atom is -0.497 e. The summed E-state index contributed by atoms with van der Waals surface area (Å²) in [6, 6.07) is 15.4. The molecule has 120 valence electrons. The number of hydrogen-bond acceptors (Lipinski definition) is 3. The van der Waals surface area contributed by atoms with E-state index in [0.717, 1.165) is 27.8 Å². The zero-order valence-electron chi connectivity index (χ0n) is 13.6. The van der Waals surface area contributed by atoms with Gasteiger partial charge in [-0.3, -0.25) is 9.78 Å². The van der Waals surface area contributed by atoms with Crippen molar-refractivity contribution in [2.45, 2.75) is 6.92 Å². The molecule has 2 N–H and O–H groups in total. The van der Waals surface area contributed by atoms with Crippen molar-refractivity contribution in [3.8, 4) is 5.75 Å². The number of fused-ring (bicyclic) bond motifs is 1. The lowest BCUT2D eigenvalue weighted by Gasteiger charge is -2.10. The minimum atomic E-state index is -0.472. The van der Waals surface area contributed by atoms with E-state index >= 15 is 0 Å². The predicted octanol–water partition coefficient (Wildman–Crippen LogP) is 3.82. The maximum atomic E-state index is 11.9. The second-order valence-electron chi connectivity index (χ2n) is 5.47. The number of amides is 1. The van der Waals surface area contributed by atoms with Crippen LogP contribution in [0.5, 0.6) is 5.75 Å². The van der Waals surface area contributed by atoms with Crippen molar-refractivity contribution in [1.82, 2.24) is 4.98 Å². The van der Waals surface area contributed by atoms with Gasteiger partial charge in [0.25, 0.3) is 5.91 Å². The molecule has 0 bridgehead atoms. The van der Waals surface area contributed by atoms with Gasteiger partial charge in [0, 0.05) is 5.39 Å². The highest BCUT2D eigenvalue weighted by Gasteiger charge is 2.14. The molecular weight excluding hydrogens is 300 g/mol. The molecule has 0 atom stereocenters. The monoisotopic (exact) mass is 318 g/mol. The molecular formula is C20H18N2O2. The van der Waals surface area contributed by atoms with Crippen LogP contribution in [0.1, 0.15) is 27.2 Å². The Morgan fingerprint density at radius 2 is 1.79 bits per heavy atom. The number of para-hydroxylation sites is 1. The smallest absolute Gasteiger partial charge is 0.251 e. The van der Waals surface area contributed by atoms with Crippen LogP contribution >= 0.6 is 0 Å². The van der Waals surface area contributed by atoms with E-state index in [4.69, 9.17) is 10.5 Å². The van der Waals surface area contributed by atoms with Crippen molar-refractivity contribution in [3.63, 3.8) is 0 Å². The Morgan fingerprint density at radius 1 is 1.08 bits per heavy atom. The van der Waals surface area contributed by atoms with Crippen molar-refractivity contribution in [1.29, 1.82) is 0 Å². The van der Waals surface area contributed by atoms with E-state index in [1.165, 1.54) is 0 Å². The molecule has 0 fully saturated rings. The molecule has 4 heteroatoms. The van der Waals surface area contributed by atoms with Crippen LogP contribution in [0, 0.1) is 6.92 Å². The quantitative estimate of drug-likeness (QED) is 0.795. The van der Waals surface area contributed by atoms with E-state index in [0.29, 0.717) is 11.3 Å². The maximum absolute atomic E-state index is 11.9. The number of benzene rings is 2. The molecule has 0 saturated carbocycles. The zero-order valence-corrected chi connectivity index (χ0v) is 13.6. The average molecular weight is 318 g/mol. The topological polar surface area (TPSA) is 65.2 Å². The normalized spacial score (nSPS) is 11.1. The molecule has 1 heterocycles. The zero-order chi connectivity index (χ0) is 17.1. The molecule has 4 nitrogen and oxygen atoms in total. The molecule has 0 aliphatic rings. The van der Waals surface area contributed by atoms with Gasteiger partial charge in [-0.15, -0.1) is 0 Å². The second-order valence-corrected chi connectivity index (χ2v) is 5.47. The Bertz CT molecular complexity index is 928. The van der Waals surface area contributed by atoms with Gasteiger partial charge in [0.1, 0.15) is 5.75 Å². The van der Waals surface area contributed by atoms with Crippen LogP contribution in [0.25, 0.3) is 23.1 Å². The maximum Gasteiger partial charge on any atom is 0.251 e. The largest absolute Gasteiger partial charge is 0.497 e. The molecule has 0 radical (unpaired) electrons.